The molecule has 0 aliphatic carbocycles. The average Bonchev–Trinajstić information content (AvgIpc) is 2.85. The second-order valence-corrected chi connectivity index (χ2v) is 4.57. The maximum Gasteiger partial charge on any atom is 0.355 e. The molecule has 7 heteroatoms. The van der Waals surface area contributed by atoms with Crippen LogP contribution in [0.25, 0.3) is 0 Å². The molecule has 0 radical (unpaired) electrons. The summed E-state index contributed by atoms with van der Waals surface area (Å²) >= 11 is 5.70. The summed E-state index contributed by atoms with van der Waals surface area (Å²) in [7, 11) is 0. The van der Waals surface area contributed by atoms with E-state index in [9.17, 15) is 14.9 Å². The molecule has 0 bridgehead atoms. The van der Waals surface area contributed by atoms with Crippen LogP contribution in [-0.4, -0.2) is 15.9 Å². The summed E-state index contributed by atoms with van der Waals surface area (Å²) in [5, 5.41) is 11.1. The monoisotopic (exact) mass is 294 g/mol. The van der Waals surface area contributed by atoms with Crippen molar-refractivity contribution >= 4 is 23.3 Å². The molecule has 20 heavy (non-hydrogen) atoms. The number of nitro groups is 1. The van der Waals surface area contributed by atoms with Gasteiger partial charge in [0.25, 0.3) is 5.69 Å². The van der Waals surface area contributed by atoms with Crippen molar-refractivity contribution in [3.05, 3.63) is 62.9 Å². The molecule has 1 unspecified atom stereocenters. The number of aromatic amines is 1. The Kier molecular flexibility index (Phi) is 4.05. The molecular formula is C13H11ClN2O4. The number of carbonyl (C=O) groups excluding carboxylic acids is 1. The second kappa shape index (κ2) is 5.75. The highest BCUT2D eigenvalue weighted by Gasteiger charge is 2.17. The van der Waals surface area contributed by atoms with Gasteiger partial charge < -0.3 is 9.72 Å². The summed E-state index contributed by atoms with van der Waals surface area (Å²) in [4.78, 5) is 24.7. The van der Waals surface area contributed by atoms with Gasteiger partial charge in [-0.25, -0.2) is 4.79 Å². The number of ether oxygens (including phenoxy) is 1. The lowest BCUT2D eigenvalue weighted by Crippen LogP contribution is -2.09. The number of non-ortho nitro benzene ring substituents is 1. The fraction of sp³-hybridized carbons (Fsp3) is 0.154. The largest absolute Gasteiger partial charge is 0.453 e. The minimum absolute atomic E-state index is 0.0479. The van der Waals surface area contributed by atoms with Crippen molar-refractivity contribution in [1.29, 1.82) is 0 Å². The van der Waals surface area contributed by atoms with Crippen molar-refractivity contribution in [2.24, 2.45) is 0 Å². The van der Waals surface area contributed by atoms with E-state index in [0.717, 1.165) is 0 Å². The third-order valence-electron chi connectivity index (χ3n) is 2.70. The zero-order valence-corrected chi connectivity index (χ0v) is 11.3. The molecule has 0 aliphatic heterocycles. The fourth-order valence-electron chi connectivity index (χ4n) is 1.67. The molecule has 0 saturated heterocycles. The fourth-order valence-corrected chi connectivity index (χ4v) is 1.83. The van der Waals surface area contributed by atoms with Gasteiger partial charge in [-0.3, -0.25) is 10.1 Å². The number of nitro benzene ring substituents is 1. The number of nitrogens with zero attached hydrogens (tertiary/aromatic N) is 1. The molecule has 1 atom stereocenters. The van der Waals surface area contributed by atoms with E-state index in [0.29, 0.717) is 10.6 Å². The van der Waals surface area contributed by atoms with Crippen molar-refractivity contribution in [2.45, 2.75) is 13.0 Å². The Hall–Kier alpha value is -2.34. The number of benzene rings is 1. The topological polar surface area (TPSA) is 85.2 Å². The number of hydrogen-bond acceptors (Lipinski definition) is 4. The van der Waals surface area contributed by atoms with Gasteiger partial charge in [0.2, 0.25) is 0 Å². The number of H-pyrrole nitrogens is 1. The molecule has 1 aromatic heterocycles. The first-order chi connectivity index (χ1) is 9.47. The standard InChI is InChI=1S/C13H11ClN2O4/c1-8(9-3-2-4-11(5-9)16(18)19)20-13(17)12-6-10(14)7-15-12/h2-8,15H,1H3. The lowest BCUT2D eigenvalue weighted by Gasteiger charge is -2.12. The lowest BCUT2D eigenvalue weighted by molar-refractivity contribution is -0.385. The number of esters is 1. The van der Waals surface area contributed by atoms with E-state index in [2.05, 4.69) is 4.98 Å². The Morgan fingerprint density at radius 1 is 1.45 bits per heavy atom. The van der Waals surface area contributed by atoms with Gasteiger partial charge in [0.1, 0.15) is 11.8 Å². The number of rotatable bonds is 4. The van der Waals surface area contributed by atoms with Crippen molar-refractivity contribution < 1.29 is 14.5 Å². The van der Waals surface area contributed by atoms with E-state index in [4.69, 9.17) is 16.3 Å². The highest BCUT2D eigenvalue weighted by atomic mass is 35.5. The summed E-state index contributed by atoms with van der Waals surface area (Å²) in [6.07, 6.45) is 0.861. The number of hydrogen-bond donors (Lipinski definition) is 1. The van der Waals surface area contributed by atoms with Crippen LogP contribution in [0.2, 0.25) is 5.02 Å². The van der Waals surface area contributed by atoms with E-state index in [1.165, 1.54) is 24.4 Å². The normalized spacial score (nSPS) is 11.9. The van der Waals surface area contributed by atoms with Crippen molar-refractivity contribution in [1.82, 2.24) is 4.98 Å². The maximum atomic E-state index is 11.8. The van der Waals surface area contributed by atoms with Crippen LogP contribution in [0, 0.1) is 10.1 Å². The van der Waals surface area contributed by atoms with Crippen LogP contribution in [0.5, 0.6) is 0 Å². The van der Waals surface area contributed by atoms with Crippen LogP contribution in [0.4, 0.5) is 5.69 Å². The van der Waals surface area contributed by atoms with Crippen molar-refractivity contribution in [2.75, 3.05) is 0 Å². The summed E-state index contributed by atoms with van der Waals surface area (Å²) in [6.45, 7) is 1.64. The van der Waals surface area contributed by atoms with E-state index >= 15 is 0 Å². The molecule has 6 nitrogen and oxygen atoms in total. The quantitative estimate of drug-likeness (QED) is 0.531. The Labute approximate surface area is 119 Å². The van der Waals surface area contributed by atoms with E-state index in [1.807, 2.05) is 0 Å². The highest BCUT2D eigenvalue weighted by molar-refractivity contribution is 6.30. The lowest BCUT2D eigenvalue weighted by atomic mass is 10.1. The summed E-state index contributed by atoms with van der Waals surface area (Å²) in [5.74, 6) is -0.573. The molecule has 0 saturated carbocycles. The van der Waals surface area contributed by atoms with Gasteiger partial charge in [0.15, 0.2) is 0 Å². The van der Waals surface area contributed by atoms with E-state index in [-0.39, 0.29) is 11.4 Å². The van der Waals surface area contributed by atoms with Crippen LogP contribution >= 0.6 is 11.6 Å². The summed E-state index contributed by atoms with van der Waals surface area (Å²) in [5.41, 5.74) is 0.728. The first-order valence-electron chi connectivity index (χ1n) is 5.76. The maximum absolute atomic E-state index is 11.8. The third-order valence-corrected chi connectivity index (χ3v) is 2.92. The summed E-state index contributed by atoms with van der Waals surface area (Å²) < 4.78 is 5.22. The molecule has 0 spiro atoms. The van der Waals surface area contributed by atoms with E-state index < -0.39 is 17.0 Å². The van der Waals surface area contributed by atoms with Gasteiger partial charge in [-0.2, -0.15) is 0 Å². The highest BCUT2D eigenvalue weighted by Crippen LogP contribution is 2.23. The average molecular weight is 295 g/mol. The number of carbonyl (C=O) groups is 1. The number of nitrogens with one attached hydrogen (secondary N) is 1. The van der Waals surface area contributed by atoms with Gasteiger partial charge in [-0.15, -0.1) is 0 Å². The van der Waals surface area contributed by atoms with Gasteiger partial charge in [0, 0.05) is 18.3 Å². The smallest absolute Gasteiger partial charge is 0.355 e. The molecular weight excluding hydrogens is 284 g/mol. The second-order valence-electron chi connectivity index (χ2n) is 4.13. The minimum atomic E-state index is -0.607. The Morgan fingerprint density at radius 2 is 2.20 bits per heavy atom. The first kappa shape index (κ1) is 14.1. The van der Waals surface area contributed by atoms with Crippen LogP contribution < -0.4 is 0 Å². The predicted octanol–water partition coefficient (Wildman–Crippen LogP) is 3.49. The van der Waals surface area contributed by atoms with Gasteiger partial charge in [-0.1, -0.05) is 23.7 Å². The molecule has 1 aromatic carbocycles. The molecule has 1 heterocycles. The first-order valence-corrected chi connectivity index (χ1v) is 6.14. The molecule has 2 rings (SSSR count). The molecule has 0 amide bonds. The van der Waals surface area contributed by atoms with Crippen LogP contribution in [-0.2, 0) is 4.74 Å². The zero-order valence-electron chi connectivity index (χ0n) is 10.5. The van der Waals surface area contributed by atoms with Crippen LogP contribution in [0.1, 0.15) is 29.1 Å². The summed E-state index contributed by atoms with van der Waals surface area (Å²) in [6, 6.07) is 7.41. The van der Waals surface area contributed by atoms with Crippen LogP contribution in [0.15, 0.2) is 36.5 Å². The third kappa shape index (κ3) is 3.16. The Bertz CT molecular complexity index is 653. The number of halogens is 1. The molecule has 2 aromatic rings. The molecule has 0 fully saturated rings. The minimum Gasteiger partial charge on any atom is -0.453 e. The van der Waals surface area contributed by atoms with Gasteiger partial charge in [0.05, 0.1) is 9.95 Å². The number of aromatic nitrogens is 1. The predicted molar refractivity (Wildman–Crippen MR) is 72.7 cm³/mol. The zero-order chi connectivity index (χ0) is 14.7. The molecule has 1 N–H and O–H groups in total. The van der Waals surface area contributed by atoms with Crippen LogP contribution in [0.3, 0.4) is 0 Å². The SMILES string of the molecule is CC(OC(=O)c1cc(Cl)c[nH]1)c1cccc([N+](=O)[O-])c1. The van der Waals surface area contributed by atoms with E-state index in [1.54, 1.807) is 19.1 Å². The Morgan fingerprint density at radius 3 is 2.80 bits per heavy atom. The Balaban J connectivity index is 2.12. The van der Waals surface area contributed by atoms with Crippen molar-refractivity contribution in [3.63, 3.8) is 0 Å². The van der Waals surface area contributed by atoms with Gasteiger partial charge >= 0.3 is 5.97 Å². The van der Waals surface area contributed by atoms with Gasteiger partial charge in [-0.05, 0) is 18.6 Å². The van der Waals surface area contributed by atoms with Crippen molar-refractivity contribution in [3.8, 4) is 0 Å². The molecule has 104 valence electrons. The molecule has 0 aliphatic rings.